The van der Waals surface area contributed by atoms with Gasteiger partial charge in [0.15, 0.2) is 5.82 Å². The van der Waals surface area contributed by atoms with Crippen LogP contribution in [0, 0.1) is 0 Å². The Kier molecular flexibility index (Phi) is 4.52. The van der Waals surface area contributed by atoms with Gasteiger partial charge in [-0.2, -0.15) is 10.2 Å². The fourth-order valence-corrected chi connectivity index (χ4v) is 4.70. The van der Waals surface area contributed by atoms with Crippen LogP contribution in [0.5, 0.6) is 0 Å². The summed E-state index contributed by atoms with van der Waals surface area (Å²) in [5.41, 5.74) is 2.28. The molecule has 4 aromatic rings. The molecule has 1 fully saturated rings. The van der Waals surface area contributed by atoms with E-state index in [1.807, 2.05) is 18.2 Å². The Labute approximate surface area is 173 Å². The average molecular weight is 424 g/mol. The summed E-state index contributed by atoms with van der Waals surface area (Å²) in [4.78, 5) is 4.39. The van der Waals surface area contributed by atoms with Crippen LogP contribution in [0.15, 0.2) is 60.0 Å². The second-order valence-corrected chi connectivity index (χ2v) is 8.93. The number of nitrogens with one attached hydrogen (secondary N) is 1. The summed E-state index contributed by atoms with van der Waals surface area (Å²) in [5, 5.41) is 9.26. The molecule has 0 bridgehead atoms. The highest BCUT2D eigenvalue weighted by molar-refractivity contribution is 7.92. The summed E-state index contributed by atoms with van der Waals surface area (Å²) in [6.07, 6.45) is 7.15. The minimum absolute atomic E-state index is 0.0538. The maximum Gasteiger partial charge on any atom is 0.265 e. The van der Waals surface area contributed by atoms with E-state index < -0.39 is 10.0 Å². The number of nitrogens with zero attached hydrogens (tertiary/aromatic N) is 5. The Balaban J connectivity index is 1.44. The average Bonchev–Trinajstić information content (AvgIpc) is 3.50. The number of rotatable bonds is 5. The lowest BCUT2D eigenvalue weighted by Gasteiger charge is -2.09. The van der Waals surface area contributed by atoms with E-state index in [0.29, 0.717) is 29.5 Å². The lowest BCUT2D eigenvalue weighted by Crippen LogP contribution is -2.13. The van der Waals surface area contributed by atoms with Crippen LogP contribution in [0.1, 0.15) is 17.9 Å². The molecule has 3 aromatic heterocycles. The number of hydrogen-bond donors (Lipinski definition) is 1. The summed E-state index contributed by atoms with van der Waals surface area (Å²) < 4.78 is 37.2. The minimum Gasteiger partial charge on any atom is -0.381 e. The lowest BCUT2D eigenvalue weighted by atomic mass is 10.00. The molecule has 0 aliphatic carbocycles. The van der Waals surface area contributed by atoms with E-state index in [9.17, 15) is 8.42 Å². The third-order valence-corrected chi connectivity index (χ3v) is 6.60. The van der Waals surface area contributed by atoms with Crippen molar-refractivity contribution in [2.45, 2.75) is 17.2 Å². The second kappa shape index (κ2) is 7.22. The smallest absolute Gasteiger partial charge is 0.265 e. The molecule has 4 heterocycles. The molecule has 1 aromatic carbocycles. The van der Waals surface area contributed by atoms with Gasteiger partial charge in [0.1, 0.15) is 4.90 Å². The van der Waals surface area contributed by atoms with Crippen molar-refractivity contribution in [3.63, 3.8) is 0 Å². The predicted octanol–water partition coefficient (Wildman–Crippen LogP) is 2.46. The molecule has 1 N–H and O–H groups in total. The molecule has 5 rings (SSSR count). The maximum atomic E-state index is 13.0. The maximum absolute atomic E-state index is 13.0. The predicted molar refractivity (Wildman–Crippen MR) is 111 cm³/mol. The van der Waals surface area contributed by atoms with E-state index in [2.05, 4.69) is 19.9 Å². The molecule has 0 saturated carbocycles. The van der Waals surface area contributed by atoms with Gasteiger partial charge in [0.2, 0.25) is 0 Å². The first-order valence-corrected chi connectivity index (χ1v) is 11.0. The summed E-state index contributed by atoms with van der Waals surface area (Å²) in [5.74, 6) is 0.890. The van der Waals surface area contributed by atoms with Gasteiger partial charge in [-0.3, -0.25) is 9.40 Å². The fraction of sp³-hybridized carbons (Fsp3) is 0.250. The number of hydrogen-bond acceptors (Lipinski definition) is 6. The minimum atomic E-state index is -3.83. The van der Waals surface area contributed by atoms with Gasteiger partial charge in [-0.05, 0) is 30.2 Å². The molecule has 0 spiro atoms. The molecule has 1 aliphatic rings. The second-order valence-electron chi connectivity index (χ2n) is 7.25. The Morgan fingerprint density at radius 2 is 2.10 bits per heavy atom. The summed E-state index contributed by atoms with van der Waals surface area (Å²) in [7, 11) is -2.06. The first-order valence-electron chi connectivity index (χ1n) is 9.53. The van der Waals surface area contributed by atoms with Crippen LogP contribution in [0.2, 0.25) is 0 Å². The van der Waals surface area contributed by atoms with Gasteiger partial charge in [-0.1, -0.05) is 12.1 Å². The number of aryl methyl sites for hydroxylation is 1. The van der Waals surface area contributed by atoms with Crippen LogP contribution in [0.4, 0.5) is 5.69 Å². The van der Waals surface area contributed by atoms with E-state index >= 15 is 0 Å². The quantitative estimate of drug-likeness (QED) is 0.528. The normalized spacial score (nSPS) is 16.9. The van der Waals surface area contributed by atoms with Crippen molar-refractivity contribution in [3.05, 3.63) is 60.7 Å². The number of sulfonamides is 1. The Bertz CT molecular complexity index is 1320. The number of anilines is 1. The SMILES string of the molecule is Cn1ncc2cccc(NS(=O)(=O)c3cnn(-c4cc(C5CCOC5)ccn4)c3)c21. The molecule has 1 aliphatic heterocycles. The van der Waals surface area contributed by atoms with Gasteiger partial charge >= 0.3 is 0 Å². The standard InChI is InChI=1S/C20H20N6O3S/c1-25-20-15(10-22-25)3-2-4-18(20)24-30(27,28)17-11-23-26(12-17)19-9-14(5-7-21-19)16-6-8-29-13-16/h2-5,7,9-12,16,24H,6,8,13H2,1H3. The fourth-order valence-electron chi connectivity index (χ4n) is 3.70. The summed E-state index contributed by atoms with van der Waals surface area (Å²) in [6, 6.07) is 9.26. The van der Waals surface area contributed by atoms with E-state index in [1.165, 1.54) is 17.1 Å². The molecule has 154 valence electrons. The molecule has 0 amide bonds. The summed E-state index contributed by atoms with van der Waals surface area (Å²) >= 11 is 0. The third kappa shape index (κ3) is 3.33. The molecule has 9 nitrogen and oxygen atoms in total. The van der Waals surface area contributed by atoms with Gasteiger partial charge < -0.3 is 4.74 Å². The Hall–Kier alpha value is -3.24. The number of fused-ring (bicyclic) bond motifs is 1. The van der Waals surface area contributed by atoms with Crippen LogP contribution in [0.25, 0.3) is 16.7 Å². The van der Waals surface area contributed by atoms with Crippen molar-refractivity contribution in [2.24, 2.45) is 7.05 Å². The number of benzene rings is 1. The van der Waals surface area contributed by atoms with Crippen molar-refractivity contribution in [3.8, 4) is 5.82 Å². The van der Waals surface area contributed by atoms with Crippen LogP contribution < -0.4 is 4.72 Å². The number of para-hydroxylation sites is 1. The number of pyridine rings is 1. The van der Waals surface area contributed by atoms with Gasteiger partial charge in [-0.25, -0.2) is 18.1 Å². The topological polar surface area (TPSA) is 104 Å². The monoisotopic (exact) mass is 424 g/mol. The first kappa shape index (κ1) is 18.8. The van der Waals surface area contributed by atoms with Crippen molar-refractivity contribution >= 4 is 26.6 Å². The zero-order valence-corrected chi connectivity index (χ0v) is 17.1. The molecule has 1 unspecified atom stereocenters. The lowest BCUT2D eigenvalue weighted by molar-refractivity contribution is 0.194. The van der Waals surface area contributed by atoms with Crippen molar-refractivity contribution in [1.29, 1.82) is 0 Å². The highest BCUT2D eigenvalue weighted by Crippen LogP contribution is 2.27. The van der Waals surface area contributed by atoms with E-state index in [-0.39, 0.29) is 4.90 Å². The highest BCUT2D eigenvalue weighted by atomic mass is 32.2. The molecular weight excluding hydrogens is 404 g/mol. The van der Waals surface area contributed by atoms with Gasteiger partial charge in [0.25, 0.3) is 10.0 Å². The molecule has 1 atom stereocenters. The summed E-state index contributed by atoms with van der Waals surface area (Å²) in [6.45, 7) is 1.44. The zero-order valence-electron chi connectivity index (χ0n) is 16.3. The number of aromatic nitrogens is 5. The van der Waals surface area contributed by atoms with E-state index in [0.717, 1.165) is 24.0 Å². The molecule has 10 heteroatoms. The molecular formula is C20H20N6O3S. The van der Waals surface area contributed by atoms with Crippen molar-refractivity contribution in [2.75, 3.05) is 17.9 Å². The molecule has 1 saturated heterocycles. The van der Waals surface area contributed by atoms with Crippen molar-refractivity contribution < 1.29 is 13.2 Å². The molecule has 30 heavy (non-hydrogen) atoms. The van der Waals surface area contributed by atoms with Crippen molar-refractivity contribution in [1.82, 2.24) is 24.5 Å². The number of ether oxygens (including phenoxy) is 1. The van der Waals surface area contributed by atoms with Gasteiger partial charge in [0, 0.05) is 31.2 Å². The zero-order chi connectivity index (χ0) is 20.7. The highest BCUT2D eigenvalue weighted by Gasteiger charge is 2.21. The van der Waals surface area contributed by atoms with E-state index in [4.69, 9.17) is 4.74 Å². The largest absolute Gasteiger partial charge is 0.381 e. The van der Waals surface area contributed by atoms with Gasteiger partial charge in [0.05, 0.1) is 36.4 Å². The third-order valence-electron chi connectivity index (χ3n) is 5.28. The van der Waals surface area contributed by atoms with Gasteiger partial charge in [-0.15, -0.1) is 0 Å². The Morgan fingerprint density at radius 3 is 2.93 bits per heavy atom. The van der Waals surface area contributed by atoms with Crippen LogP contribution >= 0.6 is 0 Å². The Morgan fingerprint density at radius 1 is 1.20 bits per heavy atom. The molecule has 0 radical (unpaired) electrons. The van der Waals surface area contributed by atoms with Crippen LogP contribution in [-0.2, 0) is 21.8 Å². The van der Waals surface area contributed by atoms with Crippen LogP contribution in [0.3, 0.4) is 0 Å². The van der Waals surface area contributed by atoms with E-state index in [1.54, 1.807) is 36.3 Å². The van der Waals surface area contributed by atoms with Crippen LogP contribution in [-0.4, -0.2) is 46.2 Å². The first-order chi connectivity index (χ1) is 14.5.